The molecule has 138 valence electrons. The first-order chi connectivity index (χ1) is 13.0. The van der Waals surface area contributed by atoms with E-state index in [2.05, 4.69) is 25.2 Å². The van der Waals surface area contributed by atoms with Crippen molar-refractivity contribution in [1.82, 2.24) is 29.9 Å². The fraction of sp³-hybridized carbons (Fsp3) is 0.312. The summed E-state index contributed by atoms with van der Waals surface area (Å²) in [7, 11) is 1.77. The molecule has 1 aliphatic heterocycles. The molecule has 0 unspecified atom stereocenters. The van der Waals surface area contributed by atoms with E-state index in [0.717, 1.165) is 0 Å². The summed E-state index contributed by atoms with van der Waals surface area (Å²) in [4.78, 5) is 35.2. The van der Waals surface area contributed by atoms with Gasteiger partial charge < -0.3 is 9.80 Å². The highest BCUT2D eigenvalue weighted by Crippen LogP contribution is 2.22. The molecular formula is C16H16N8O3. The molecule has 0 atom stereocenters. The number of nitro benzene ring substituents is 1. The first-order valence-corrected chi connectivity index (χ1v) is 8.33. The van der Waals surface area contributed by atoms with E-state index < -0.39 is 4.92 Å². The third kappa shape index (κ3) is 3.03. The number of amides is 1. The summed E-state index contributed by atoms with van der Waals surface area (Å²) in [6.07, 6.45) is 1.48. The molecule has 0 saturated carbocycles. The Morgan fingerprint density at radius 3 is 2.48 bits per heavy atom. The minimum Gasteiger partial charge on any atom is -0.351 e. The summed E-state index contributed by atoms with van der Waals surface area (Å²) in [6.45, 7) is 2.23. The molecule has 2 aromatic heterocycles. The third-order valence-electron chi connectivity index (χ3n) is 4.56. The van der Waals surface area contributed by atoms with Gasteiger partial charge in [0.15, 0.2) is 17.0 Å². The Labute approximate surface area is 153 Å². The number of non-ortho nitro benzene ring substituents is 1. The summed E-state index contributed by atoms with van der Waals surface area (Å²) in [5.74, 6) is 0.562. The summed E-state index contributed by atoms with van der Waals surface area (Å²) < 4.78 is 1.59. The van der Waals surface area contributed by atoms with Crippen LogP contribution in [0.1, 0.15) is 10.4 Å². The Hall–Kier alpha value is -3.63. The van der Waals surface area contributed by atoms with Crippen LogP contribution in [0.3, 0.4) is 0 Å². The van der Waals surface area contributed by atoms with Crippen molar-refractivity contribution in [1.29, 1.82) is 0 Å². The second-order valence-corrected chi connectivity index (χ2v) is 6.17. The number of hydrogen-bond acceptors (Lipinski definition) is 8. The monoisotopic (exact) mass is 368 g/mol. The number of aryl methyl sites for hydroxylation is 1. The maximum absolute atomic E-state index is 12.6. The minimum atomic E-state index is -0.484. The van der Waals surface area contributed by atoms with E-state index in [1.165, 1.54) is 30.6 Å². The van der Waals surface area contributed by atoms with Crippen molar-refractivity contribution in [2.24, 2.45) is 7.05 Å². The van der Waals surface area contributed by atoms with Gasteiger partial charge in [-0.1, -0.05) is 5.21 Å². The fourth-order valence-corrected chi connectivity index (χ4v) is 3.10. The smallest absolute Gasteiger partial charge is 0.269 e. The van der Waals surface area contributed by atoms with E-state index in [-0.39, 0.29) is 11.6 Å². The lowest BCUT2D eigenvalue weighted by molar-refractivity contribution is -0.384. The SMILES string of the molecule is Cn1nnc2c(N3CCN(C(=O)c4ccc([N+](=O)[O-])cc4)CC3)ncnc21. The average molecular weight is 368 g/mol. The van der Waals surface area contributed by atoms with Crippen molar-refractivity contribution in [3.63, 3.8) is 0 Å². The van der Waals surface area contributed by atoms with Gasteiger partial charge in [-0.3, -0.25) is 14.9 Å². The van der Waals surface area contributed by atoms with E-state index in [1.54, 1.807) is 16.6 Å². The Morgan fingerprint density at radius 1 is 1.11 bits per heavy atom. The number of anilines is 1. The number of rotatable bonds is 3. The molecule has 27 heavy (non-hydrogen) atoms. The van der Waals surface area contributed by atoms with Crippen LogP contribution in [0.4, 0.5) is 11.5 Å². The topological polar surface area (TPSA) is 123 Å². The van der Waals surface area contributed by atoms with Crippen molar-refractivity contribution in [2.45, 2.75) is 0 Å². The number of carbonyl (C=O) groups is 1. The Bertz CT molecular complexity index is 1010. The van der Waals surface area contributed by atoms with Crippen LogP contribution in [-0.4, -0.2) is 66.9 Å². The molecule has 1 aliphatic rings. The number of aromatic nitrogens is 5. The zero-order chi connectivity index (χ0) is 19.0. The minimum absolute atomic E-state index is 0.0341. The van der Waals surface area contributed by atoms with E-state index in [4.69, 9.17) is 0 Å². The highest BCUT2D eigenvalue weighted by molar-refractivity contribution is 5.94. The van der Waals surface area contributed by atoms with Crippen molar-refractivity contribution in [2.75, 3.05) is 31.1 Å². The van der Waals surface area contributed by atoms with Crippen LogP contribution >= 0.6 is 0 Å². The van der Waals surface area contributed by atoms with Gasteiger partial charge in [0.05, 0.1) is 4.92 Å². The standard InChI is InChI=1S/C16H16N8O3/c1-21-14-13(19-20-21)15(18-10-17-14)22-6-8-23(9-7-22)16(25)11-2-4-12(5-3-11)24(26)27/h2-5,10H,6-9H2,1H3. The molecule has 4 rings (SSSR count). The first-order valence-electron chi connectivity index (χ1n) is 8.33. The number of fused-ring (bicyclic) bond motifs is 1. The number of carbonyl (C=O) groups excluding carboxylic acids is 1. The maximum atomic E-state index is 12.6. The van der Waals surface area contributed by atoms with Crippen molar-refractivity contribution < 1.29 is 9.72 Å². The quantitative estimate of drug-likeness (QED) is 0.487. The first kappa shape index (κ1) is 16.8. The molecule has 1 fully saturated rings. The van der Waals surface area contributed by atoms with Gasteiger partial charge in [0.1, 0.15) is 6.33 Å². The number of nitro groups is 1. The highest BCUT2D eigenvalue weighted by atomic mass is 16.6. The van der Waals surface area contributed by atoms with Gasteiger partial charge in [-0.05, 0) is 12.1 Å². The van der Waals surface area contributed by atoms with Crippen LogP contribution < -0.4 is 4.90 Å². The Kier molecular flexibility index (Phi) is 4.11. The number of hydrogen-bond donors (Lipinski definition) is 0. The Morgan fingerprint density at radius 2 is 1.81 bits per heavy atom. The molecule has 0 bridgehead atoms. The number of piperazine rings is 1. The molecule has 0 aliphatic carbocycles. The van der Waals surface area contributed by atoms with E-state index in [1.807, 2.05) is 0 Å². The lowest BCUT2D eigenvalue weighted by atomic mass is 10.1. The van der Waals surface area contributed by atoms with E-state index >= 15 is 0 Å². The van der Waals surface area contributed by atoms with Gasteiger partial charge >= 0.3 is 0 Å². The van der Waals surface area contributed by atoms with Crippen LogP contribution in [-0.2, 0) is 7.05 Å². The number of nitrogens with zero attached hydrogens (tertiary/aromatic N) is 8. The second kappa shape index (κ2) is 6.59. The highest BCUT2D eigenvalue weighted by Gasteiger charge is 2.25. The molecule has 0 spiro atoms. The predicted molar refractivity (Wildman–Crippen MR) is 95.3 cm³/mol. The van der Waals surface area contributed by atoms with Crippen LogP contribution in [0.2, 0.25) is 0 Å². The average Bonchev–Trinajstić information content (AvgIpc) is 3.09. The van der Waals surface area contributed by atoms with Crippen molar-refractivity contribution in [3.05, 3.63) is 46.3 Å². The van der Waals surface area contributed by atoms with Crippen molar-refractivity contribution in [3.8, 4) is 0 Å². The van der Waals surface area contributed by atoms with Gasteiger partial charge in [-0.15, -0.1) is 5.10 Å². The lowest BCUT2D eigenvalue weighted by Crippen LogP contribution is -2.49. The molecule has 11 nitrogen and oxygen atoms in total. The van der Waals surface area contributed by atoms with Gasteiger partial charge in [0, 0.05) is 50.9 Å². The zero-order valence-electron chi connectivity index (χ0n) is 14.5. The molecule has 1 saturated heterocycles. The second-order valence-electron chi connectivity index (χ2n) is 6.17. The van der Waals surface area contributed by atoms with E-state index in [9.17, 15) is 14.9 Å². The van der Waals surface area contributed by atoms with Crippen LogP contribution in [0.15, 0.2) is 30.6 Å². The molecule has 11 heteroatoms. The molecule has 0 radical (unpaired) electrons. The fourth-order valence-electron chi connectivity index (χ4n) is 3.10. The molecule has 3 aromatic rings. The van der Waals surface area contributed by atoms with Crippen LogP contribution in [0.25, 0.3) is 11.2 Å². The molecule has 1 aromatic carbocycles. The summed E-state index contributed by atoms with van der Waals surface area (Å²) in [6, 6.07) is 5.66. The van der Waals surface area contributed by atoms with Crippen LogP contribution in [0, 0.1) is 10.1 Å². The zero-order valence-corrected chi connectivity index (χ0v) is 14.5. The normalized spacial score (nSPS) is 14.6. The van der Waals surface area contributed by atoms with Gasteiger partial charge in [-0.25, -0.2) is 14.6 Å². The molecule has 3 heterocycles. The lowest BCUT2D eigenvalue weighted by Gasteiger charge is -2.35. The van der Waals surface area contributed by atoms with Crippen molar-refractivity contribution >= 4 is 28.6 Å². The van der Waals surface area contributed by atoms with Gasteiger partial charge in [-0.2, -0.15) is 0 Å². The van der Waals surface area contributed by atoms with Crippen LogP contribution in [0.5, 0.6) is 0 Å². The maximum Gasteiger partial charge on any atom is 0.269 e. The Balaban J connectivity index is 1.46. The van der Waals surface area contributed by atoms with Gasteiger partial charge in [0.2, 0.25) is 0 Å². The summed E-state index contributed by atoms with van der Waals surface area (Å²) in [5.41, 5.74) is 1.69. The van der Waals surface area contributed by atoms with E-state index in [0.29, 0.717) is 48.7 Å². The predicted octanol–water partition coefficient (Wildman–Crippen LogP) is 0.629. The molecule has 0 N–H and O–H groups in total. The number of benzene rings is 1. The summed E-state index contributed by atoms with van der Waals surface area (Å²) >= 11 is 0. The molecule has 1 amide bonds. The molecular weight excluding hydrogens is 352 g/mol. The largest absolute Gasteiger partial charge is 0.351 e. The van der Waals surface area contributed by atoms with Gasteiger partial charge in [0.25, 0.3) is 11.6 Å². The third-order valence-corrected chi connectivity index (χ3v) is 4.56. The summed E-state index contributed by atoms with van der Waals surface area (Å²) in [5, 5.41) is 18.8.